The molecular weight excluding hydrogens is 604 g/mol. The highest BCUT2D eigenvalue weighted by Gasteiger charge is 2.12. The minimum Gasteiger partial charge on any atom is -0.0437 e. The van der Waals surface area contributed by atoms with Crippen LogP contribution in [0.4, 0.5) is 0 Å². The lowest BCUT2D eigenvalue weighted by molar-refractivity contribution is 1.26. The van der Waals surface area contributed by atoms with Gasteiger partial charge in [0.05, 0.1) is 0 Å². The monoisotopic (exact) mass is 610 g/mol. The number of halogens is 4. The summed E-state index contributed by atoms with van der Waals surface area (Å²) >= 11 is 9.68. The molecule has 0 nitrogen and oxygen atoms in total. The molecule has 1 aromatic carbocycles. The lowest BCUT2D eigenvalue weighted by Gasteiger charge is -2.10. The summed E-state index contributed by atoms with van der Waals surface area (Å²) in [5.41, 5.74) is 2.83. The van der Waals surface area contributed by atoms with Crippen LogP contribution in [0.15, 0.2) is 0 Å². The molecule has 0 aliphatic heterocycles. The quantitative estimate of drug-likeness (QED) is 0.227. The number of hydrogen-bond acceptors (Lipinski definition) is 0. The fourth-order valence-corrected chi connectivity index (χ4v) is 4.87. The van der Waals surface area contributed by atoms with Gasteiger partial charge in [-0.05, 0) is 115 Å². The van der Waals surface area contributed by atoms with E-state index in [4.69, 9.17) is 0 Å². The average molecular weight is 610 g/mol. The topological polar surface area (TPSA) is 0 Å². The van der Waals surface area contributed by atoms with Gasteiger partial charge in [0.1, 0.15) is 0 Å². The predicted octanol–water partition coefficient (Wildman–Crippen LogP) is 4.72. The zero-order valence-electron chi connectivity index (χ0n) is 6.51. The van der Waals surface area contributed by atoms with E-state index < -0.39 is 0 Å². The second-order valence-corrected chi connectivity index (χ2v) is 6.82. The van der Waals surface area contributed by atoms with E-state index in [9.17, 15) is 0 Å². The Labute approximate surface area is 127 Å². The van der Waals surface area contributed by atoms with Crippen molar-refractivity contribution in [3.8, 4) is 0 Å². The molecule has 0 N–H and O–H groups in total. The summed E-state index contributed by atoms with van der Waals surface area (Å²) in [5, 5.41) is 0. The molecule has 66 valence electrons. The summed E-state index contributed by atoms with van der Waals surface area (Å²) in [6.45, 7) is 4.38. The molecule has 1 aromatic rings. The maximum absolute atomic E-state index is 2.42. The first-order valence-electron chi connectivity index (χ1n) is 3.26. The highest BCUT2D eigenvalue weighted by Crippen LogP contribution is 2.31. The van der Waals surface area contributed by atoms with E-state index in [0.717, 1.165) is 0 Å². The van der Waals surface area contributed by atoms with Crippen molar-refractivity contribution in [3.05, 3.63) is 25.4 Å². The molecule has 0 spiro atoms. The summed E-state index contributed by atoms with van der Waals surface area (Å²) in [6.07, 6.45) is 0. The van der Waals surface area contributed by atoms with Crippen LogP contribution < -0.4 is 0 Å². The highest BCUT2D eigenvalue weighted by molar-refractivity contribution is 14.1. The normalized spacial score (nSPS) is 10.5. The van der Waals surface area contributed by atoms with Crippen molar-refractivity contribution in [2.45, 2.75) is 13.8 Å². The Morgan fingerprint density at radius 1 is 0.583 bits per heavy atom. The van der Waals surface area contributed by atoms with Crippen molar-refractivity contribution in [1.29, 1.82) is 0 Å². The lowest BCUT2D eigenvalue weighted by atomic mass is 10.2. The van der Waals surface area contributed by atoms with E-state index in [2.05, 4.69) is 104 Å². The van der Waals surface area contributed by atoms with Crippen LogP contribution in [-0.4, -0.2) is 0 Å². The van der Waals surface area contributed by atoms with Gasteiger partial charge >= 0.3 is 0 Å². The van der Waals surface area contributed by atoms with Gasteiger partial charge in [0.25, 0.3) is 0 Å². The smallest absolute Gasteiger partial charge is 0.0403 e. The van der Waals surface area contributed by atoms with E-state index in [1.165, 1.54) is 25.4 Å². The van der Waals surface area contributed by atoms with Crippen molar-refractivity contribution in [2.75, 3.05) is 0 Å². The van der Waals surface area contributed by atoms with Gasteiger partial charge in [-0.25, -0.2) is 0 Å². The first-order valence-corrected chi connectivity index (χ1v) is 7.57. The summed E-state index contributed by atoms with van der Waals surface area (Å²) in [4.78, 5) is 0. The van der Waals surface area contributed by atoms with Crippen LogP contribution in [0.1, 0.15) is 11.1 Å². The van der Waals surface area contributed by atoms with E-state index in [-0.39, 0.29) is 0 Å². The summed E-state index contributed by atoms with van der Waals surface area (Å²) < 4.78 is 5.59. The second-order valence-electron chi connectivity index (χ2n) is 2.51. The van der Waals surface area contributed by atoms with Crippen LogP contribution in [0.2, 0.25) is 0 Å². The Bertz CT molecular complexity index is 225. The molecule has 0 aliphatic rings. The largest absolute Gasteiger partial charge is 0.0437 e. The standard InChI is InChI=1S/C8H6I4/c1-3-5(9)4(2)7(11)8(12)6(3)10/h1-2H3. The van der Waals surface area contributed by atoms with Crippen molar-refractivity contribution >= 4 is 90.4 Å². The van der Waals surface area contributed by atoms with E-state index in [1.807, 2.05) is 0 Å². The zero-order valence-corrected chi connectivity index (χ0v) is 15.1. The molecule has 0 bridgehead atoms. The molecule has 0 saturated carbocycles. The number of rotatable bonds is 0. The minimum atomic E-state index is 1.39. The van der Waals surface area contributed by atoms with Crippen LogP contribution in [0.25, 0.3) is 0 Å². The van der Waals surface area contributed by atoms with Crippen LogP contribution in [0.3, 0.4) is 0 Å². The number of hydrogen-bond donors (Lipinski definition) is 0. The summed E-state index contributed by atoms with van der Waals surface area (Å²) in [5.74, 6) is 0. The summed E-state index contributed by atoms with van der Waals surface area (Å²) in [7, 11) is 0. The Morgan fingerprint density at radius 3 is 1.25 bits per heavy atom. The molecule has 0 aromatic heterocycles. The first kappa shape index (κ1) is 12.2. The third-order valence-electron chi connectivity index (χ3n) is 1.70. The van der Waals surface area contributed by atoms with Gasteiger partial charge in [0, 0.05) is 14.3 Å². The van der Waals surface area contributed by atoms with Gasteiger partial charge < -0.3 is 0 Å². The fourth-order valence-electron chi connectivity index (χ4n) is 0.900. The van der Waals surface area contributed by atoms with Gasteiger partial charge in [-0.3, -0.25) is 0 Å². The fraction of sp³-hybridized carbons (Fsp3) is 0.250. The molecule has 4 heteroatoms. The molecule has 0 amide bonds. The van der Waals surface area contributed by atoms with Gasteiger partial charge in [-0.15, -0.1) is 0 Å². The minimum absolute atomic E-state index is 1.39. The third kappa shape index (κ3) is 2.20. The van der Waals surface area contributed by atoms with Crippen molar-refractivity contribution in [1.82, 2.24) is 0 Å². The molecule has 0 atom stereocenters. The summed E-state index contributed by atoms with van der Waals surface area (Å²) in [6, 6.07) is 0. The third-order valence-corrected chi connectivity index (χ3v) is 9.16. The molecule has 0 radical (unpaired) electrons. The maximum atomic E-state index is 2.42. The Kier molecular flexibility index (Phi) is 4.86. The zero-order chi connectivity index (χ0) is 9.46. The van der Waals surface area contributed by atoms with Crippen LogP contribution in [0.5, 0.6) is 0 Å². The second kappa shape index (κ2) is 4.77. The molecule has 0 aliphatic carbocycles. The molecule has 0 fully saturated rings. The van der Waals surface area contributed by atoms with Crippen molar-refractivity contribution in [2.24, 2.45) is 0 Å². The van der Waals surface area contributed by atoms with E-state index >= 15 is 0 Å². The van der Waals surface area contributed by atoms with Gasteiger partial charge in [-0.2, -0.15) is 0 Å². The van der Waals surface area contributed by atoms with Gasteiger partial charge in [0.2, 0.25) is 0 Å². The number of benzene rings is 1. The Morgan fingerprint density at radius 2 is 0.917 bits per heavy atom. The first-order chi connectivity index (χ1) is 5.46. The Hall–Kier alpha value is 2.14. The maximum Gasteiger partial charge on any atom is 0.0403 e. The van der Waals surface area contributed by atoms with E-state index in [0.29, 0.717) is 0 Å². The molecule has 0 heterocycles. The SMILES string of the molecule is Cc1c(I)c(C)c(I)c(I)c1I. The van der Waals surface area contributed by atoms with Crippen molar-refractivity contribution < 1.29 is 0 Å². The van der Waals surface area contributed by atoms with Gasteiger partial charge in [0.15, 0.2) is 0 Å². The van der Waals surface area contributed by atoms with Gasteiger partial charge in [-0.1, -0.05) is 0 Å². The van der Waals surface area contributed by atoms with Crippen LogP contribution in [0, 0.1) is 28.1 Å². The van der Waals surface area contributed by atoms with Crippen LogP contribution in [-0.2, 0) is 0 Å². The Balaban J connectivity index is 3.60. The predicted molar refractivity (Wildman–Crippen MR) is 86.8 cm³/mol. The van der Waals surface area contributed by atoms with Crippen LogP contribution >= 0.6 is 90.4 Å². The molecule has 12 heavy (non-hydrogen) atoms. The molecule has 1 rings (SSSR count). The lowest BCUT2D eigenvalue weighted by Crippen LogP contribution is -1.98. The highest BCUT2D eigenvalue weighted by atomic mass is 127. The van der Waals surface area contributed by atoms with Crippen molar-refractivity contribution in [3.63, 3.8) is 0 Å². The van der Waals surface area contributed by atoms with E-state index in [1.54, 1.807) is 0 Å². The molecule has 0 saturated heterocycles. The molecule has 0 unspecified atom stereocenters. The average Bonchev–Trinajstić information content (AvgIpc) is 2.08. The molecular formula is C8H6I4.